The van der Waals surface area contributed by atoms with Crippen molar-refractivity contribution in [2.75, 3.05) is 5.32 Å². The standard InChI is InChI=1S/C17H20ClNO3/c1-4-6-12-13-8-11(18)9-14(19-10(3)20)16(13)17(21)22-15(12)7-5-2/h8-9H,4-7H2,1-3H3,(H,19,20). The Hall–Kier alpha value is -1.81. The summed E-state index contributed by atoms with van der Waals surface area (Å²) in [4.78, 5) is 23.8. The van der Waals surface area contributed by atoms with Crippen molar-refractivity contribution in [1.29, 1.82) is 0 Å². The Morgan fingerprint density at radius 2 is 1.91 bits per heavy atom. The van der Waals surface area contributed by atoms with E-state index in [0.29, 0.717) is 22.5 Å². The first kappa shape index (κ1) is 16.6. The maximum atomic E-state index is 12.4. The Balaban J connectivity index is 2.84. The lowest BCUT2D eigenvalue weighted by atomic mass is 9.98. The second kappa shape index (κ2) is 6.97. The molecule has 0 saturated carbocycles. The summed E-state index contributed by atoms with van der Waals surface area (Å²) in [5.74, 6) is 0.468. The number of nitrogens with one attached hydrogen (secondary N) is 1. The van der Waals surface area contributed by atoms with Gasteiger partial charge in [-0.15, -0.1) is 0 Å². The lowest BCUT2D eigenvalue weighted by Gasteiger charge is -2.13. The molecule has 0 aliphatic rings. The van der Waals surface area contributed by atoms with Crippen LogP contribution in [-0.2, 0) is 17.6 Å². The van der Waals surface area contributed by atoms with Gasteiger partial charge in [-0.3, -0.25) is 4.79 Å². The molecule has 2 rings (SSSR count). The molecule has 0 aliphatic heterocycles. The molecule has 0 radical (unpaired) electrons. The van der Waals surface area contributed by atoms with Crippen molar-refractivity contribution in [3.05, 3.63) is 38.9 Å². The predicted octanol–water partition coefficient (Wildman–Crippen LogP) is 4.31. The Morgan fingerprint density at radius 1 is 1.23 bits per heavy atom. The molecular weight excluding hydrogens is 302 g/mol. The molecule has 4 nitrogen and oxygen atoms in total. The number of fused-ring (bicyclic) bond motifs is 1. The Labute approximate surface area is 134 Å². The van der Waals surface area contributed by atoms with E-state index in [1.54, 1.807) is 12.1 Å². The van der Waals surface area contributed by atoms with E-state index in [-0.39, 0.29) is 5.91 Å². The summed E-state index contributed by atoms with van der Waals surface area (Å²) in [6, 6.07) is 3.36. The third-order valence-electron chi connectivity index (χ3n) is 3.47. The van der Waals surface area contributed by atoms with Gasteiger partial charge in [-0.1, -0.05) is 31.9 Å². The number of hydrogen-bond donors (Lipinski definition) is 1. The van der Waals surface area contributed by atoms with Crippen molar-refractivity contribution < 1.29 is 9.21 Å². The second-order valence-electron chi connectivity index (χ2n) is 5.35. The number of amides is 1. The van der Waals surface area contributed by atoms with Crippen LogP contribution < -0.4 is 10.9 Å². The number of carbonyl (C=O) groups excluding carboxylic acids is 1. The van der Waals surface area contributed by atoms with Crippen LogP contribution in [0.2, 0.25) is 5.02 Å². The van der Waals surface area contributed by atoms with Crippen molar-refractivity contribution in [2.45, 2.75) is 46.5 Å². The molecule has 0 atom stereocenters. The fourth-order valence-electron chi connectivity index (χ4n) is 2.68. The first-order valence-electron chi connectivity index (χ1n) is 7.53. The minimum absolute atomic E-state index is 0.252. The smallest absolute Gasteiger partial charge is 0.345 e. The Bertz CT molecular complexity index is 765. The van der Waals surface area contributed by atoms with Gasteiger partial charge in [0.05, 0.1) is 11.1 Å². The molecule has 0 saturated heterocycles. The summed E-state index contributed by atoms with van der Waals surface area (Å²) in [6.45, 7) is 5.51. The maximum Gasteiger partial charge on any atom is 0.345 e. The number of carbonyl (C=O) groups is 1. The SMILES string of the molecule is CCCc1oc(=O)c2c(NC(C)=O)cc(Cl)cc2c1CCC. The molecule has 0 fully saturated rings. The maximum absolute atomic E-state index is 12.4. The number of aryl methyl sites for hydroxylation is 2. The van der Waals surface area contributed by atoms with Gasteiger partial charge >= 0.3 is 5.63 Å². The molecule has 1 amide bonds. The van der Waals surface area contributed by atoms with Crippen molar-refractivity contribution in [3.8, 4) is 0 Å². The van der Waals surface area contributed by atoms with Crippen LogP contribution in [0, 0.1) is 0 Å². The lowest BCUT2D eigenvalue weighted by Crippen LogP contribution is -2.13. The van der Waals surface area contributed by atoms with E-state index in [0.717, 1.165) is 36.0 Å². The number of hydrogen-bond acceptors (Lipinski definition) is 3. The molecule has 0 aliphatic carbocycles. The number of anilines is 1. The van der Waals surface area contributed by atoms with E-state index < -0.39 is 5.63 Å². The second-order valence-corrected chi connectivity index (χ2v) is 5.78. The third-order valence-corrected chi connectivity index (χ3v) is 3.69. The van der Waals surface area contributed by atoms with Gasteiger partial charge in [-0.2, -0.15) is 0 Å². The van der Waals surface area contributed by atoms with Gasteiger partial charge in [0.15, 0.2) is 0 Å². The van der Waals surface area contributed by atoms with Crippen LogP contribution in [0.3, 0.4) is 0 Å². The normalized spacial score (nSPS) is 10.9. The van der Waals surface area contributed by atoms with Crippen LogP contribution in [0.4, 0.5) is 5.69 Å². The highest BCUT2D eigenvalue weighted by molar-refractivity contribution is 6.32. The first-order valence-corrected chi connectivity index (χ1v) is 7.91. The number of benzene rings is 1. The topological polar surface area (TPSA) is 59.3 Å². The van der Waals surface area contributed by atoms with Crippen molar-refractivity contribution in [1.82, 2.24) is 0 Å². The largest absolute Gasteiger partial charge is 0.427 e. The quantitative estimate of drug-likeness (QED) is 0.892. The average Bonchev–Trinajstić information content (AvgIpc) is 2.41. The molecule has 1 aromatic carbocycles. The van der Waals surface area contributed by atoms with Gasteiger partial charge in [0.2, 0.25) is 5.91 Å². The number of rotatable bonds is 5. The van der Waals surface area contributed by atoms with Gasteiger partial charge < -0.3 is 9.73 Å². The minimum Gasteiger partial charge on any atom is -0.427 e. The van der Waals surface area contributed by atoms with E-state index in [9.17, 15) is 9.59 Å². The molecule has 1 aromatic heterocycles. The zero-order valence-electron chi connectivity index (χ0n) is 13.1. The summed E-state index contributed by atoms with van der Waals surface area (Å²) >= 11 is 6.18. The van der Waals surface area contributed by atoms with Gasteiger partial charge in [-0.25, -0.2) is 4.79 Å². The van der Waals surface area contributed by atoms with Gasteiger partial charge in [0.1, 0.15) is 5.76 Å². The predicted molar refractivity (Wildman–Crippen MR) is 89.8 cm³/mol. The first-order chi connectivity index (χ1) is 10.5. The highest BCUT2D eigenvalue weighted by Gasteiger charge is 2.17. The van der Waals surface area contributed by atoms with Gasteiger partial charge in [0.25, 0.3) is 0 Å². The minimum atomic E-state index is -0.432. The molecule has 2 aromatic rings. The van der Waals surface area contributed by atoms with Crippen molar-refractivity contribution >= 4 is 34.0 Å². The van der Waals surface area contributed by atoms with Crippen LogP contribution in [0.5, 0.6) is 0 Å². The summed E-state index contributed by atoms with van der Waals surface area (Å²) in [6.07, 6.45) is 3.34. The van der Waals surface area contributed by atoms with E-state index >= 15 is 0 Å². The van der Waals surface area contributed by atoms with Crippen LogP contribution >= 0.6 is 11.6 Å². The fraction of sp³-hybridized carbons (Fsp3) is 0.412. The average molecular weight is 322 g/mol. The van der Waals surface area contributed by atoms with Crippen LogP contribution in [0.15, 0.2) is 21.3 Å². The fourth-order valence-corrected chi connectivity index (χ4v) is 2.90. The van der Waals surface area contributed by atoms with Gasteiger partial charge in [0, 0.05) is 18.4 Å². The van der Waals surface area contributed by atoms with Gasteiger partial charge in [-0.05, 0) is 35.9 Å². The molecular formula is C17H20ClNO3. The van der Waals surface area contributed by atoms with Crippen LogP contribution in [0.1, 0.15) is 44.9 Å². The van der Waals surface area contributed by atoms with E-state index in [1.807, 2.05) is 6.92 Å². The summed E-state index contributed by atoms with van der Waals surface area (Å²) in [5.41, 5.74) is 0.982. The zero-order valence-corrected chi connectivity index (χ0v) is 13.8. The van der Waals surface area contributed by atoms with E-state index in [4.69, 9.17) is 16.0 Å². The molecule has 0 unspecified atom stereocenters. The van der Waals surface area contributed by atoms with Crippen LogP contribution in [-0.4, -0.2) is 5.91 Å². The summed E-state index contributed by atoms with van der Waals surface area (Å²) in [7, 11) is 0. The molecule has 22 heavy (non-hydrogen) atoms. The molecule has 1 heterocycles. The lowest BCUT2D eigenvalue weighted by molar-refractivity contribution is -0.114. The third kappa shape index (κ3) is 3.33. The van der Waals surface area contributed by atoms with E-state index in [2.05, 4.69) is 12.2 Å². The molecule has 0 spiro atoms. The Kier molecular flexibility index (Phi) is 5.24. The van der Waals surface area contributed by atoms with Crippen LogP contribution in [0.25, 0.3) is 10.8 Å². The molecule has 5 heteroatoms. The highest BCUT2D eigenvalue weighted by Crippen LogP contribution is 2.31. The summed E-state index contributed by atoms with van der Waals surface area (Å²) < 4.78 is 5.53. The number of halogens is 1. The van der Waals surface area contributed by atoms with Crippen molar-refractivity contribution in [2.24, 2.45) is 0 Å². The highest BCUT2D eigenvalue weighted by atomic mass is 35.5. The molecule has 0 bridgehead atoms. The monoisotopic (exact) mass is 321 g/mol. The Morgan fingerprint density at radius 3 is 2.50 bits per heavy atom. The summed E-state index contributed by atoms with van der Waals surface area (Å²) in [5, 5.41) is 4.32. The van der Waals surface area contributed by atoms with Crippen molar-refractivity contribution in [3.63, 3.8) is 0 Å². The zero-order chi connectivity index (χ0) is 16.3. The molecule has 1 N–H and O–H groups in total. The van der Waals surface area contributed by atoms with E-state index in [1.165, 1.54) is 6.92 Å². The molecule has 118 valence electrons.